The average Bonchev–Trinajstić information content (AvgIpc) is 3.31. The molecule has 6 aromatic carbocycles. The van der Waals surface area contributed by atoms with Gasteiger partial charge >= 0.3 is 12.4 Å². The minimum atomic E-state index is -4.48. The summed E-state index contributed by atoms with van der Waals surface area (Å²) >= 11 is 0. The van der Waals surface area contributed by atoms with Crippen molar-refractivity contribution in [3.05, 3.63) is 197 Å². The second-order valence-electron chi connectivity index (χ2n) is 24.6. The van der Waals surface area contributed by atoms with Gasteiger partial charge in [0.15, 0.2) is 0 Å². The standard InChI is InChI=1S/C68H74F6O2/c1-15-29-75-61-49-31-45-35-55(63(3,4)5)37-47(59(45)27-21-43-17-23-53(24-18-43)67(69,70)71)33-51-41-58(66(12,13)14)42-52(62(51)76-30-16-2)34-48-38-56(64(6,7)8)36-46(32-50(61)40-57(39-49)65(9,10)11)60(48)28-22-44-19-25-54(26-20-44)68(72,73)74/h17-20,23-26,35-42H,15-16,29-34H2,1-14H3. The summed E-state index contributed by atoms with van der Waals surface area (Å²) in [5, 5.41) is 0. The van der Waals surface area contributed by atoms with Gasteiger partial charge in [0.25, 0.3) is 0 Å². The quantitative estimate of drug-likeness (QED) is 0.122. The van der Waals surface area contributed by atoms with Gasteiger partial charge in [-0.15, -0.1) is 0 Å². The molecule has 1 aliphatic carbocycles. The Kier molecular flexibility index (Phi) is 16.5. The SMILES string of the molecule is CCCOc1c2cc(C(C)(C)C)cc1Cc1cc(C(C)(C)C)cc(c1C#Cc1ccc(C(F)(F)F)cc1)Cc1cc(C(C)(C)C)cc(c1OCCC)Cc1cc(C(C)(C)C)cc(c1C#Cc1ccc(C(F)(F)F)cc1)C2. The number of ether oxygens (including phenoxy) is 2. The molecule has 6 aromatic rings. The molecule has 0 amide bonds. The van der Waals surface area contributed by atoms with Crippen molar-refractivity contribution in [2.24, 2.45) is 0 Å². The molecule has 76 heavy (non-hydrogen) atoms. The van der Waals surface area contributed by atoms with Gasteiger partial charge in [-0.25, -0.2) is 0 Å². The molecule has 8 bridgehead atoms. The Morgan fingerprint density at radius 3 is 0.789 bits per heavy atom. The predicted molar refractivity (Wildman–Crippen MR) is 298 cm³/mol. The zero-order valence-corrected chi connectivity index (χ0v) is 47.0. The maximum Gasteiger partial charge on any atom is 0.416 e. The van der Waals surface area contributed by atoms with Crippen LogP contribution in [0.15, 0.2) is 97.1 Å². The van der Waals surface area contributed by atoms with E-state index in [4.69, 9.17) is 9.47 Å². The normalized spacial score (nSPS) is 13.3. The molecule has 0 saturated carbocycles. The van der Waals surface area contributed by atoms with Crippen LogP contribution in [0.25, 0.3) is 0 Å². The van der Waals surface area contributed by atoms with E-state index < -0.39 is 23.5 Å². The predicted octanol–water partition coefficient (Wildman–Crippen LogP) is 18.0. The summed E-state index contributed by atoms with van der Waals surface area (Å²) in [4.78, 5) is 0. The van der Waals surface area contributed by atoms with E-state index in [1.807, 2.05) is 0 Å². The van der Waals surface area contributed by atoms with Crippen molar-refractivity contribution in [1.29, 1.82) is 0 Å². The first kappa shape index (κ1) is 57.3. The van der Waals surface area contributed by atoms with Gasteiger partial charge in [0.05, 0.1) is 24.3 Å². The summed E-state index contributed by atoms with van der Waals surface area (Å²) in [5.74, 6) is 15.3. The van der Waals surface area contributed by atoms with Crippen molar-refractivity contribution in [3.8, 4) is 35.2 Å². The number of rotatable bonds is 6. The number of alkyl halides is 6. The molecule has 400 valence electrons. The Morgan fingerprint density at radius 2 is 0.579 bits per heavy atom. The van der Waals surface area contributed by atoms with Gasteiger partial charge in [-0.3, -0.25) is 0 Å². The van der Waals surface area contributed by atoms with Gasteiger partial charge in [0.1, 0.15) is 11.5 Å². The minimum Gasteiger partial charge on any atom is -0.493 e. The topological polar surface area (TPSA) is 18.5 Å². The fourth-order valence-electron chi connectivity index (χ4n) is 9.53. The maximum absolute atomic E-state index is 13.8. The lowest BCUT2D eigenvalue weighted by molar-refractivity contribution is -0.138. The lowest BCUT2D eigenvalue weighted by Gasteiger charge is -2.28. The molecule has 0 N–H and O–H groups in total. The molecule has 0 heterocycles. The third-order valence-electron chi connectivity index (χ3n) is 14.1. The van der Waals surface area contributed by atoms with Crippen molar-refractivity contribution in [2.75, 3.05) is 13.2 Å². The summed E-state index contributed by atoms with van der Waals surface area (Å²) in [6.07, 6.45) is -5.70. The lowest BCUT2D eigenvalue weighted by Crippen LogP contribution is -2.18. The van der Waals surface area contributed by atoms with Crippen LogP contribution < -0.4 is 9.47 Å². The van der Waals surface area contributed by atoms with Crippen LogP contribution >= 0.6 is 0 Å². The van der Waals surface area contributed by atoms with Crippen LogP contribution in [0, 0.1) is 23.7 Å². The van der Waals surface area contributed by atoms with Crippen molar-refractivity contribution in [2.45, 2.75) is 169 Å². The van der Waals surface area contributed by atoms with E-state index in [0.29, 0.717) is 50.0 Å². The monoisotopic (exact) mass is 1040 g/mol. The highest BCUT2D eigenvalue weighted by Gasteiger charge is 2.32. The molecule has 8 heteroatoms. The van der Waals surface area contributed by atoms with Crippen molar-refractivity contribution >= 4 is 0 Å². The molecule has 2 nitrogen and oxygen atoms in total. The van der Waals surface area contributed by atoms with Crippen LogP contribution in [0.1, 0.15) is 210 Å². The molecule has 1 aliphatic rings. The Bertz CT molecular complexity index is 2890. The third-order valence-corrected chi connectivity index (χ3v) is 14.1. The third kappa shape index (κ3) is 13.8. The zero-order valence-electron chi connectivity index (χ0n) is 47.0. The van der Waals surface area contributed by atoms with Crippen LogP contribution in [0.5, 0.6) is 11.5 Å². The van der Waals surface area contributed by atoms with E-state index in [1.54, 1.807) is 0 Å². The van der Waals surface area contributed by atoms with Crippen LogP contribution in [-0.4, -0.2) is 13.2 Å². The number of hydrogen-bond acceptors (Lipinski definition) is 2. The molecule has 0 spiro atoms. The van der Waals surface area contributed by atoms with Gasteiger partial charge in [-0.2, -0.15) is 26.3 Å². The van der Waals surface area contributed by atoms with E-state index >= 15 is 0 Å². The number of fused-ring (bicyclic) bond motifs is 8. The number of halogens is 6. The van der Waals surface area contributed by atoms with Crippen LogP contribution in [0.4, 0.5) is 26.3 Å². The molecule has 0 aromatic heterocycles. The summed E-state index contributed by atoms with van der Waals surface area (Å²) in [6, 6.07) is 28.1. The highest BCUT2D eigenvalue weighted by Crippen LogP contribution is 2.42. The first-order chi connectivity index (χ1) is 35.3. The molecule has 0 saturated heterocycles. The van der Waals surface area contributed by atoms with Crippen molar-refractivity contribution in [1.82, 2.24) is 0 Å². The zero-order chi connectivity index (χ0) is 55.8. The smallest absolute Gasteiger partial charge is 0.416 e. The first-order valence-electron chi connectivity index (χ1n) is 26.6. The fourth-order valence-corrected chi connectivity index (χ4v) is 9.53. The van der Waals surface area contributed by atoms with Crippen molar-refractivity contribution in [3.63, 3.8) is 0 Å². The summed E-state index contributed by atoms with van der Waals surface area (Å²) in [5.41, 5.74) is 12.2. The Labute approximate surface area is 449 Å². The minimum absolute atomic E-state index is 0.283. The van der Waals surface area contributed by atoms with E-state index in [0.717, 1.165) is 126 Å². The van der Waals surface area contributed by atoms with Gasteiger partial charge in [-0.05, 0) is 150 Å². The molecule has 0 radical (unpaired) electrons. The van der Waals surface area contributed by atoms with Crippen molar-refractivity contribution < 1.29 is 35.8 Å². The van der Waals surface area contributed by atoms with Gasteiger partial charge in [-0.1, -0.05) is 169 Å². The molecule has 0 fully saturated rings. The number of hydrogen-bond donors (Lipinski definition) is 0. The molecule has 0 unspecified atom stereocenters. The Hall–Kier alpha value is -6.38. The van der Waals surface area contributed by atoms with E-state index in [-0.39, 0.29) is 21.7 Å². The van der Waals surface area contributed by atoms with Crippen LogP contribution in [-0.2, 0) is 59.7 Å². The Balaban J connectivity index is 1.65. The average molecular weight is 1040 g/mol. The second kappa shape index (κ2) is 21.9. The highest BCUT2D eigenvalue weighted by atomic mass is 19.4. The van der Waals surface area contributed by atoms with Gasteiger partial charge < -0.3 is 9.47 Å². The Morgan fingerprint density at radius 1 is 0.342 bits per heavy atom. The molecular formula is C68H74F6O2. The van der Waals surface area contributed by atoms with Gasteiger partial charge in [0, 0.05) is 47.9 Å². The summed E-state index contributed by atoms with van der Waals surface area (Å²) in [6.45, 7) is 31.5. The highest BCUT2D eigenvalue weighted by molar-refractivity contribution is 5.63. The summed E-state index contributed by atoms with van der Waals surface area (Å²) in [7, 11) is 0. The largest absolute Gasteiger partial charge is 0.493 e. The molecule has 0 atom stereocenters. The van der Waals surface area contributed by atoms with Gasteiger partial charge in [0.2, 0.25) is 0 Å². The lowest BCUT2D eigenvalue weighted by atomic mass is 9.77. The molecule has 7 rings (SSSR count). The maximum atomic E-state index is 13.8. The van der Waals surface area contributed by atoms with Crippen LogP contribution in [0.3, 0.4) is 0 Å². The summed E-state index contributed by atoms with van der Waals surface area (Å²) < 4.78 is 96.5. The van der Waals surface area contributed by atoms with E-state index in [9.17, 15) is 26.3 Å². The second-order valence-corrected chi connectivity index (χ2v) is 24.6. The number of benzene rings is 6. The fraction of sp³-hybridized carbons (Fsp3) is 0.412. The molecular weight excluding hydrogens is 963 g/mol. The van der Waals surface area contributed by atoms with Crippen LogP contribution in [0.2, 0.25) is 0 Å². The van der Waals surface area contributed by atoms with E-state index in [1.165, 1.54) is 24.3 Å². The molecule has 0 aliphatic heterocycles. The first-order valence-corrected chi connectivity index (χ1v) is 26.6. The van der Waals surface area contributed by atoms with E-state index in [2.05, 4.69) is 169 Å².